The molecular weight excluding hydrogens is 201 g/mol. The zero-order valence-electron chi connectivity index (χ0n) is 9.93. The molecule has 1 aromatic carbocycles. The number of rotatable bonds is 1. The van der Waals surface area contributed by atoms with Crippen LogP contribution in [0.15, 0.2) is 30.3 Å². The van der Waals surface area contributed by atoms with Gasteiger partial charge in [-0.1, -0.05) is 58.0 Å². The van der Waals surface area contributed by atoms with E-state index in [4.69, 9.17) is 0 Å². The number of hydrogen-bond donors (Lipinski definition) is 0. The Labute approximate surface area is 91.1 Å². The summed E-state index contributed by atoms with van der Waals surface area (Å²) >= 11 is 0. The number of alkyl halides is 3. The molecule has 0 saturated heterocycles. The molecule has 0 atom stereocenters. The summed E-state index contributed by atoms with van der Waals surface area (Å²) in [5.41, 5.74) is 0.743. The highest BCUT2D eigenvalue weighted by Crippen LogP contribution is 1.98. The van der Waals surface area contributed by atoms with Crippen LogP contribution in [0.5, 0.6) is 0 Å². The van der Waals surface area contributed by atoms with Crippen LogP contribution in [0.4, 0.5) is 13.2 Å². The average molecular weight is 222 g/mol. The minimum Gasteiger partial charge on any atom is -0.246 e. The van der Waals surface area contributed by atoms with Crippen molar-refractivity contribution in [2.75, 3.05) is 6.93 Å². The van der Waals surface area contributed by atoms with Gasteiger partial charge in [-0.05, 0) is 5.56 Å². The lowest BCUT2D eigenvalue weighted by Gasteiger charge is -1.87. The van der Waals surface area contributed by atoms with Gasteiger partial charge in [0.15, 0.2) is 0 Å². The van der Waals surface area contributed by atoms with Crippen molar-refractivity contribution in [2.24, 2.45) is 0 Å². The smallest absolute Gasteiger partial charge is 0.229 e. The molecule has 0 saturated carbocycles. The van der Waals surface area contributed by atoms with Crippen molar-refractivity contribution in [2.45, 2.75) is 34.4 Å². The van der Waals surface area contributed by atoms with Crippen LogP contribution in [-0.4, -0.2) is 6.93 Å². The Kier molecular flexibility index (Phi) is 30.1. The summed E-state index contributed by atoms with van der Waals surface area (Å²) in [5.74, 6) is 0. The molecule has 0 radical (unpaired) electrons. The van der Waals surface area contributed by atoms with Crippen LogP contribution in [0.3, 0.4) is 0 Å². The molecule has 0 aliphatic rings. The third kappa shape index (κ3) is 19.4. The molecule has 0 bridgehead atoms. The Bertz CT molecular complexity index is 164. The lowest BCUT2D eigenvalue weighted by Crippen LogP contribution is -1.72. The summed E-state index contributed by atoms with van der Waals surface area (Å²) < 4.78 is 31.0. The minimum atomic E-state index is -1.75. The summed E-state index contributed by atoms with van der Waals surface area (Å²) in [6, 6.07) is 9.06. The second kappa shape index (κ2) is 23.1. The third-order valence-electron chi connectivity index (χ3n) is 0.997. The van der Waals surface area contributed by atoms with Gasteiger partial charge in [0.1, 0.15) is 6.67 Å². The van der Waals surface area contributed by atoms with E-state index in [2.05, 4.69) is 0 Å². The van der Waals surface area contributed by atoms with Gasteiger partial charge >= 0.3 is 0 Å². The van der Waals surface area contributed by atoms with E-state index in [-0.39, 0.29) is 6.67 Å². The quantitative estimate of drug-likeness (QED) is 0.620. The predicted octanol–water partition coefficient (Wildman–Crippen LogP) is 5.09. The van der Waals surface area contributed by atoms with Crippen LogP contribution in [-0.2, 0) is 6.67 Å². The molecule has 0 fully saturated rings. The van der Waals surface area contributed by atoms with Crippen LogP contribution in [0.1, 0.15) is 33.3 Å². The van der Waals surface area contributed by atoms with E-state index in [1.807, 2.05) is 45.9 Å². The molecule has 1 aromatic rings. The molecule has 0 aromatic heterocycles. The van der Waals surface area contributed by atoms with Crippen molar-refractivity contribution < 1.29 is 13.2 Å². The van der Waals surface area contributed by atoms with Crippen LogP contribution < -0.4 is 0 Å². The fourth-order valence-electron chi connectivity index (χ4n) is 0.567. The van der Waals surface area contributed by atoms with Gasteiger partial charge in [0.2, 0.25) is 6.93 Å². The highest BCUT2D eigenvalue weighted by atomic mass is 19.3. The predicted molar refractivity (Wildman–Crippen MR) is 61.0 cm³/mol. The van der Waals surface area contributed by atoms with E-state index in [0.717, 1.165) is 5.56 Å². The van der Waals surface area contributed by atoms with Crippen LogP contribution in [0, 0.1) is 0 Å². The molecule has 90 valence electrons. The summed E-state index contributed by atoms with van der Waals surface area (Å²) in [4.78, 5) is 0. The highest BCUT2D eigenvalue weighted by Gasteiger charge is 1.82. The van der Waals surface area contributed by atoms with Crippen molar-refractivity contribution in [3.63, 3.8) is 0 Å². The van der Waals surface area contributed by atoms with Crippen molar-refractivity contribution >= 4 is 0 Å². The van der Waals surface area contributed by atoms with Gasteiger partial charge < -0.3 is 0 Å². The van der Waals surface area contributed by atoms with E-state index in [1.165, 1.54) is 0 Å². The third-order valence-corrected chi connectivity index (χ3v) is 0.997. The Morgan fingerprint density at radius 1 is 0.800 bits per heavy atom. The SMILES string of the molecule is CC.CC.FCF.FCc1ccccc1. The molecule has 0 unspecified atom stereocenters. The summed E-state index contributed by atoms with van der Waals surface area (Å²) in [5, 5.41) is 0. The molecule has 0 aliphatic carbocycles. The Morgan fingerprint density at radius 3 is 1.33 bits per heavy atom. The highest BCUT2D eigenvalue weighted by molar-refractivity contribution is 5.13. The molecule has 0 aliphatic heterocycles. The standard InChI is InChI=1S/C7H7F.2C2H6.CH2F2/c8-6-7-4-2-1-3-5-7;2*1-2;2-1-3/h1-5H,6H2;2*1-2H3;1H2. The number of hydrogen-bond acceptors (Lipinski definition) is 0. The topological polar surface area (TPSA) is 0 Å². The zero-order chi connectivity index (χ0) is 12.5. The first-order valence-electron chi connectivity index (χ1n) is 5.07. The fourth-order valence-corrected chi connectivity index (χ4v) is 0.567. The monoisotopic (exact) mass is 222 g/mol. The second-order valence-electron chi connectivity index (χ2n) is 1.72. The lowest BCUT2D eigenvalue weighted by molar-refractivity contribution is 0.295. The lowest BCUT2D eigenvalue weighted by atomic mass is 10.2. The van der Waals surface area contributed by atoms with E-state index in [1.54, 1.807) is 12.1 Å². The van der Waals surface area contributed by atoms with E-state index >= 15 is 0 Å². The number of benzene rings is 1. The van der Waals surface area contributed by atoms with Gasteiger partial charge in [0, 0.05) is 0 Å². The molecule has 15 heavy (non-hydrogen) atoms. The Balaban J connectivity index is -0.000000176. The summed E-state index contributed by atoms with van der Waals surface area (Å²) in [6.07, 6.45) is 0. The Hall–Kier alpha value is -0.990. The maximum absolute atomic E-state index is 11.7. The van der Waals surface area contributed by atoms with Crippen molar-refractivity contribution in [3.05, 3.63) is 35.9 Å². The van der Waals surface area contributed by atoms with E-state index in [9.17, 15) is 13.2 Å². The Morgan fingerprint density at radius 2 is 1.13 bits per heavy atom. The normalized spacial score (nSPS) is 6.87. The summed E-state index contributed by atoms with van der Waals surface area (Å²) in [6.45, 7) is 5.89. The van der Waals surface area contributed by atoms with Gasteiger partial charge in [-0.3, -0.25) is 0 Å². The van der Waals surface area contributed by atoms with E-state index < -0.39 is 6.93 Å². The average Bonchev–Trinajstić information content (AvgIpc) is 2.36. The fraction of sp³-hybridized carbons (Fsp3) is 0.500. The van der Waals surface area contributed by atoms with Crippen LogP contribution in [0.2, 0.25) is 0 Å². The summed E-state index contributed by atoms with van der Waals surface area (Å²) in [7, 11) is 0. The van der Waals surface area contributed by atoms with Gasteiger partial charge in [-0.25, -0.2) is 13.2 Å². The largest absolute Gasteiger partial charge is 0.246 e. The van der Waals surface area contributed by atoms with Crippen LogP contribution in [0.25, 0.3) is 0 Å². The first-order chi connectivity index (χ1) is 7.35. The van der Waals surface area contributed by atoms with E-state index in [0.29, 0.717) is 0 Å². The maximum atomic E-state index is 11.7. The first-order valence-corrected chi connectivity index (χ1v) is 5.07. The van der Waals surface area contributed by atoms with Gasteiger partial charge in [0.05, 0.1) is 0 Å². The molecular formula is C12H21F3. The minimum absolute atomic E-state index is 0.360. The maximum Gasteiger partial charge on any atom is 0.229 e. The molecule has 0 nitrogen and oxygen atoms in total. The van der Waals surface area contributed by atoms with Gasteiger partial charge in [-0.15, -0.1) is 0 Å². The second-order valence-corrected chi connectivity index (χ2v) is 1.72. The molecule has 3 heteroatoms. The van der Waals surface area contributed by atoms with Gasteiger partial charge in [-0.2, -0.15) is 0 Å². The van der Waals surface area contributed by atoms with Crippen molar-refractivity contribution in [1.29, 1.82) is 0 Å². The molecule has 1 rings (SSSR count). The molecule has 0 spiro atoms. The molecule has 0 heterocycles. The molecule has 0 amide bonds. The number of halogens is 3. The molecule has 0 N–H and O–H groups in total. The van der Waals surface area contributed by atoms with Crippen molar-refractivity contribution in [3.8, 4) is 0 Å². The first kappa shape index (κ1) is 19.6. The van der Waals surface area contributed by atoms with Crippen molar-refractivity contribution in [1.82, 2.24) is 0 Å². The van der Waals surface area contributed by atoms with Gasteiger partial charge in [0.25, 0.3) is 0 Å². The zero-order valence-corrected chi connectivity index (χ0v) is 9.93. The van der Waals surface area contributed by atoms with Crippen LogP contribution >= 0.6 is 0 Å².